The molecule has 1 amide bonds. The summed E-state index contributed by atoms with van der Waals surface area (Å²) < 4.78 is 5.96. The Morgan fingerprint density at radius 3 is 2.79 bits per heavy atom. The standard InChI is InChI=1S/C29H35N3O2/c33-29-11-8-25-20-26(9-10-28(25)31-29)34-17-5-1-4-14-32-15-12-22(13-16-32)18-23-19-24-6-2-3-7-27(24)30-21-23/h2-3,6-7,9-10,19-22H,1,4-5,8,11-18H2,(H,31,33). The summed E-state index contributed by atoms with van der Waals surface area (Å²) in [4.78, 5) is 18.7. The molecule has 1 aromatic heterocycles. The smallest absolute Gasteiger partial charge is 0.224 e. The van der Waals surface area contributed by atoms with Gasteiger partial charge in [0.15, 0.2) is 0 Å². The minimum atomic E-state index is 0.104. The number of piperidine rings is 1. The van der Waals surface area contributed by atoms with Gasteiger partial charge in [0.05, 0.1) is 12.1 Å². The maximum Gasteiger partial charge on any atom is 0.224 e. The highest BCUT2D eigenvalue weighted by Gasteiger charge is 2.19. The molecule has 5 heteroatoms. The van der Waals surface area contributed by atoms with E-state index < -0.39 is 0 Å². The van der Waals surface area contributed by atoms with Gasteiger partial charge in [-0.2, -0.15) is 0 Å². The van der Waals surface area contributed by atoms with E-state index in [-0.39, 0.29) is 5.91 Å². The van der Waals surface area contributed by atoms with Gasteiger partial charge in [0.2, 0.25) is 5.91 Å². The second-order valence-corrected chi connectivity index (χ2v) is 9.80. The minimum absolute atomic E-state index is 0.104. The van der Waals surface area contributed by atoms with Gasteiger partial charge >= 0.3 is 0 Å². The molecule has 3 heterocycles. The lowest BCUT2D eigenvalue weighted by atomic mass is 9.90. The Kier molecular flexibility index (Phi) is 7.40. The zero-order chi connectivity index (χ0) is 23.2. The molecule has 0 unspecified atom stereocenters. The van der Waals surface area contributed by atoms with Crippen molar-refractivity contribution in [1.29, 1.82) is 0 Å². The fraction of sp³-hybridized carbons (Fsp3) is 0.448. The number of likely N-dealkylation sites (tertiary alicyclic amines) is 1. The zero-order valence-electron chi connectivity index (χ0n) is 20.0. The molecule has 0 atom stereocenters. The van der Waals surface area contributed by atoms with Crippen LogP contribution in [0.3, 0.4) is 0 Å². The van der Waals surface area contributed by atoms with Crippen molar-refractivity contribution in [3.63, 3.8) is 0 Å². The lowest BCUT2D eigenvalue weighted by Gasteiger charge is -2.32. The van der Waals surface area contributed by atoms with Gasteiger partial charge in [0.25, 0.3) is 0 Å². The van der Waals surface area contributed by atoms with Gasteiger partial charge in [-0.15, -0.1) is 0 Å². The summed E-state index contributed by atoms with van der Waals surface area (Å²) in [5.74, 6) is 1.80. The first-order valence-corrected chi connectivity index (χ1v) is 12.8. The molecule has 1 fully saturated rings. The van der Waals surface area contributed by atoms with Gasteiger partial charge in [0.1, 0.15) is 5.75 Å². The molecular formula is C29H35N3O2. The Balaban J connectivity index is 0.960. The van der Waals surface area contributed by atoms with Crippen LogP contribution in [0.2, 0.25) is 0 Å². The molecule has 2 aliphatic heterocycles. The molecule has 5 nitrogen and oxygen atoms in total. The monoisotopic (exact) mass is 457 g/mol. The van der Waals surface area contributed by atoms with Crippen LogP contribution in [0.5, 0.6) is 5.75 Å². The number of aryl methyl sites for hydroxylation is 1. The van der Waals surface area contributed by atoms with E-state index in [1.165, 1.54) is 61.8 Å². The second kappa shape index (κ2) is 11.0. The number of para-hydroxylation sites is 1. The van der Waals surface area contributed by atoms with E-state index in [0.29, 0.717) is 6.42 Å². The number of anilines is 1. The summed E-state index contributed by atoms with van der Waals surface area (Å²) in [6.45, 7) is 4.39. The lowest BCUT2D eigenvalue weighted by molar-refractivity contribution is -0.116. The van der Waals surface area contributed by atoms with E-state index in [1.807, 2.05) is 12.1 Å². The minimum Gasteiger partial charge on any atom is -0.494 e. The van der Waals surface area contributed by atoms with Crippen molar-refractivity contribution >= 4 is 22.5 Å². The molecule has 0 radical (unpaired) electrons. The number of fused-ring (bicyclic) bond motifs is 2. The number of aromatic nitrogens is 1. The zero-order valence-corrected chi connectivity index (χ0v) is 20.0. The summed E-state index contributed by atoms with van der Waals surface area (Å²) in [5.41, 5.74) is 4.57. The van der Waals surface area contributed by atoms with Crippen LogP contribution in [0.15, 0.2) is 54.7 Å². The fourth-order valence-electron chi connectivity index (χ4n) is 5.23. The van der Waals surface area contributed by atoms with Crippen molar-refractivity contribution in [2.75, 3.05) is 31.6 Å². The van der Waals surface area contributed by atoms with Crippen molar-refractivity contribution in [3.05, 3.63) is 65.9 Å². The number of pyridine rings is 1. The molecule has 1 saturated heterocycles. The number of rotatable bonds is 9. The predicted molar refractivity (Wildman–Crippen MR) is 137 cm³/mol. The number of hydrogen-bond acceptors (Lipinski definition) is 4. The first-order valence-electron chi connectivity index (χ1n) is 12.8. The summed E-state index contributed by atoms with van der Waals surface area (Å²) in [5, 5.41) is 4.17. The van der Waals surface area contributed by atoms with Gasteiger partial charge in [-0.1, -0.05) is 18.2 Å². The van der Waals surface area contributed by atoms with E-state index in [9.17, 15) is 4.79 Å². The molecule has 0 saturated carbocycles. The third-order valence-corrected chi connectivity index (χ3v) is 7.24. The maximum absolute atomic E-state index is 11.5. The lowest BCUT2D eigenvalue weighted by Crippen LogP contribution is -2.35. The molecule has 1 N–H and O–H groups in total. The number of carbonyl (C=O) groups excluding carboxylic acids is 1. The normalized spacial score (nSPS) is 16.9. The van der Waals surface area contributed by atoms with Crippen LogP contribution >= 0.6 is 0 Å². The Hall–Kier alpha value is -2.92. The molecule has 0 spiro atoms. The number of ether oxygens (including phenoxy) is 1. The molecule has 0 aliphatic carbocycles. The molecule has 178 valence electrons. The third-order valence-electron chi connectivity index (χ3n) is 7.24. The van der Waals surface area contributed by atoms with Crippen LogP contribution in [-0.4, -0.2) is 42.0 Å². The first-order chi connectivity index (χ1) is 16.7. The Labute approximate surface area is 202 Å². The number of hydrogen-bond donors (Lipinski definition) is 1. The van der Waals surface area contributed by atoms with Crippen LogP contribution in [0, 0.1) is 5.92 Å². The summed E-state index contributed by atoms with van der Waals surface area (Å²) in [7, 11) is 0. The molecular weight excluding hydrogens is 422 g/mol. The van der Waals surface area contributed by atoms with Crippen LogP contribution in [-0.2, 0) is 17.6 Å². The number of benzene rings is 2. The van der Waals surface area contributed by atoms with Gasteiger partial charge in [-0.25, -0.2) is 0 Å². The fourth-order valence-corrected chi connectivity index (χ4v) is 5.23. The average molecular weight is 458 g/mol. The highest BCUT2D eigenvalue weighted by atomic mass is 16.5. The van der Waals surface area contributed by atoms with E-state index in [1.54, 1.807) is 0 Å². The SMILES string of the molecule is O=C1CCc2cc(OCCCCCN3CCC(Cc4cnc5ccccc5c4)CC3)ccc2N1. The Bertz CT molecular complexity index is 1120. The number of nitrogens with zero attached hydrogens (tertiary/aromatic N) is 2. The van der Waals surface area contributed by atoms with Crippen LogP contribution < -0.4 is 10.1 Å². The first kappa shape index (κ1) is 22.9. The summed E-state index contributed by atoms with van der Waals surface area (Å²) >= 11 is 0. The third kappa shape index (κ3) is 5.95. The van der Waals surface area contributed by atoms with E-state index in [0.717, 1.165) is 48.7 Å². The number of carbonyl (C=O) groups is 1. The topological polar surface area (TPSA) is 54.5 Å². The second-order valence-electron chi connectivity index (χ2n) is 9.80. The number of amides is 1. The van der Waals surface area contributed by atoms with Crippen molar-refractivity contribution < 1.29 is 9.53 Å². The van der Waals surface area contributed by atoms with Crippen molar-refractivity contribution in [2.24, 2.45) is 5.92 Å². The summed E-state index contributed by atoms with van der Waals surface area (Å²) in [6, 6.07) is 16.7. The van der Waals surface area contributed by atoms with Gasteiger partial charge in [-0.3, -0.25) is 9.78 Å². The highest BCUT2D eigenvalue weighted by molar-refractivity contribution is 5.94. The average Bonchev–Trinajstić information content (AvgIpc) is 2.87. The van der Waals surface area contributed by atoms with E-state index in [2.05, 4.69) is 57.8 Å². The number of unbranched alkanes of at least 4 members (excludes halogenated alkanes) is 2. The van der Waals surface area contributed by atoms with Crippen LogP contribution in [0.1, 0.15) is 49.7 Å². The van der Waals surface area contributed by atoms with Crippen molar-refractivity contribution in [2.45, 2.75) is 51.4 Å². The molecule has 0 bridgehead atoms. The Morgan fingerprint density at radius 2 is 1.88 bits per heavy atom. The predicted octanol–water partition coefficient (Wildman–Crippen LogP) is 5.62. The van der Waals surface area contributed by atoms with Gasteiger partial charge in [0, 0.05) is 23.7 Å². The largest absolute Gasteiger partial charge is 0.494 e. The highest BCUT2D eigenvalue weighted by Crippen LogP contribution is 2.27. The maximum atomic E-state index is 11.5. The quantitative estimate of drug-likeness (QED) is 0.424. The molecule has 34 heavy (non-hydrogen) atoms. The molecule has 2 aliphatic rings. The van der Waals surface area contributed by atoms with E-state index in [4.69, 9.17) is 4.74 Å². The van der Waals surface area contributed by atoms with Crippen LogP contribution in [0.4, 0.5) is 5.69 Å². The van der Waals surface area contributed by atoms with Crippen LogP contribution in [0.25, 0.3) is 10.9 Å². The number of nitrogens with one attached hydrogen (secondary N) is 1. The molecule has 5 rings (SSSR count). The molecule has 2 aromatic carbocycles. The summed E-state index contributed by atoms with van der Waals surface area (Å²) in [6.07, 6.45) is 10.7. The van der Waals surface area contributed by atoms with Gasteiger partial charge in [-0.05, 0) is 112 Å². The van der Waals surface area contributed by atoms with Crippen molar-refractivity contribution in [3.8, 4) is 5.75 Å². The molecule has 3 aromatic rings. The van der Waals surface area contributed by atoms with E-state index >= 15 is 0 Å². The van der Waals surface area contributed by atoms with Gasteiger partial charge < -0.3 is 15.0 Å². The Morgan fingerprint density at radius 1 is 1.00 bits per heavy atom. The van der Waals surface area contributed by atoms with Crippen molar-refractivity contribution in [1.82, 2.24) is 9.88 Å².